The van der Waals surface area contributed by atoms with Crippen LogP contribution in [0.5, 0.6) is 0 Å². The number of pyridine rings is 1. The number of imidazole rings is 1. The molecule has 152 valence electrons. The van der Waals surface area contributed by atoms with Gasteiger partial charge in [-0.2, -0.15) is 5.26 Å². The van der Waals surface area contributed by atoms with Gasteiger partial charge in [0.15, 0.2) is 0 Å². The largest absolute Gasteiger partial charge is 0.379 e. The number of nitrogens with zero attached hydrogens (tertiary/aromatic N) is 4. The van der Waals surface area contributed by atoms with Crippen LogP contribution in [0.15, 0.2) is 73.3 Å². The summed E-state index contributed by atoms with van der Waals surface area (Å²) in [5.74, 6) is -0.462. The summed E-state index contributed by atoms with van der Waals surface area (Å²) in [4.78, 5) is 8.43. The minimum atomic E-state index is -1.30. The van der Waals surface area contributed by atoms with Gasteiger partial charge >= 0.3 is 0 Å². The highest BCUT2D eigenvalue weighted by Crippen LogP contribution is 2.47. The Labute approximate surface area is 179 Å². The lowest BCUT2D eigenvalue weighted by Gasteiger charge is -2.23. The molecule has 0 spiro atoms. The minimum Gasteiger partial charge on any atom is -0.379 e. The van der Waals surface area contributed by atoms with E-state index in [1.165, 1.54) is 6.07 Å². The van der Waals surface area contributed by atoms with E-state index in [9.17, 15) is 9.50 Å². The van der Waals surface area contributed by atoms with Crippen LogP contribution in [-0.4, -0.2) is 19.6 Å². The van der Waals surface area contributed by atoms with E-state index in [0.717, 1.165) is 22.4 Å². The first kappa shape index (κ1) is 19.2. The van der Waals surface area contributed by atoms with Gasteiger partial charge in [0.2, 0.25) is 0 Å². The molecule has 1 aliphatic rings. The Balaban J connectivity index is 1.53. The van der Waals surface area contributed by atoms with Crippen molar-refractivity contribution in [2.45, 2.75) is 25.0 Å². The lowest BCUT2D eigenvalue weighted by Crippen LogP contribution is -2.24. The Morgan fingerprint density at radius 3 is 2.65 bits per heavy atom. The van der Waals surface area contributed by atoms with Crippen molar-refractivity contribution < 1.29 is 9.50 Å². The first-order valence-corrected chi connectivity index (χ1v) is 9.97. The molecule has 0 bridgehead atoms. The third-order valence-electron chi connectivity index (χ3n) is 6.00. The molecule has 5 nitrogen and oxygen atoms in total. The fourth-order valence-electron chi connectivity index (χ4n) is 4.41. The molecule has 3 heterocycles. The van der Waals surface area contributed by atoms with Gasteiger partial charge in [-0.1, -0.05) is 30.3 Å². The molecule has 5 rings (SSSR count). The van der Waals surface area contributed by atoms with Gasteiger partial charge in [-0.25, -0.2) is 9.37 Å². The van der Waals surface area contributed by atoms with Gasteiger partial charge in [-0.05, 0) is 47.9 Å². The van der Waals surface area contributed by atoms with E-state index in [4.69, 9.17) is 5.26 Å². The van der Waals surface area contributed by atoms with E-state index in [1.54, 1.807) is 30.9 Å². The lowest BCUT2D eigenvalue weighted by molar-refractivity contribution is 0.0792. The highest BCUT2D eigenvalue weighted by molar-refractivity contribution is 5.64. The average Bonchev–Trinajstić information content (AvgIpc) is 3.37. The number of aromatic nitrogens is 3. The monoisotopic (exact) mass is 410 g/mol. The third kappa shape index (κ3) is 3.11. The molecule has 0 amide bonds. The molecule has 0 aliphatic carbocycles. The van der Waals surface area contributed by atoms with Gasteiger partial charge < -0.3 is 9.67 Å². The molecule has 2 aromatic heterocycles. The molecule has 0 saturated carbocycles. The molecular formula is C25H19FN4O. The first-order valence-electron chi connectivity index (χ1n) is 9.97. The van der Waals surface area contributed by atoms with Gasteiger partial charge in [-0.3, -0.25) is 4.98 Å². The number of halogens is 1. The Morgan fingerprint density at radius 2 is 1.94 bits per heavy atom. The zero-order chi connectivity index (χ0) is 21.6. The standard InChI is InChI=1S/C25H19FN4O/c1-16-10-19(8-9-29-16)18-3-5-20(6-4-18)25(31)12-23(30-15-28-14-24(25)30)21-7-2-17(13-27)11-22(21)26/h2-11,14-15,23,31H,12H2,1H3/t23-,25?/m1/s1. The van der Waals surface area contributed by atoms with Crippen LogP contribution in [0.3, 0.4) is 0 Å². The molecule has 4 aromatic rings. The quantitative estimate of drug-likeness (QED) is 0.540. The molecular weight excluding hydrogens is 391 g/mol. The summed E-state index contributed by atoms with van der Waals surface area (Å²) in [7, 11) is 0. The smallest absolute Gasteiger partial charge is 0.133 e. The molecule has 1 aliphatic heterocycles. The number of hydrogen-bond acceptors (Lipinski definition) is 4. The van der Waals surface area contributed by atoms with E-state index in [0.29, 0.717) is 11.3 Å². The van der Waals surface area contributed by atoms with Crippen LogP contribution >= 0.6 is 0 Å². The van der Waals surface area contributed by atoms with Crippen LogP contribution in [0.2, 0.25) is 0 Å². The van der Waals surface area contributed by atoms with Crippen molar-refractivity contribution in [2.75, 3.05) is 0 Å². The second kappa shape index (κ2) is 7.15. The Hall–Kier alpha value is -3.82. The molecule has 2 atom stereocenters. The van der Waals surface area contributed by atoms with Crippen LogP contribution in [0, 0.1) is 24.1 Å². The van der Waals surface area contributed by atoms with E-state index in [-0.39, 0.29) is 12.0 Å². The maximum atomic E-state index is 14.7. The summed E-state index contributed by atoms with van der Waals surface area (Å²) in [6.07, 6.45) is 5.30. The van der Waals surface area contributed by atoms with Crippen molar-refractivity contribution in [3.63, 3.8) is 0 Å². The van der Waals surface area contributed by atoms with Crippen LogP contribution in [0.25, 0.3) is 11.1 Å². The zero-order valence-electron chi connectivity index (χ0n) is 16.8. The van der Waals surface area contributed by atoms with E-state index < -0.39 is 17.5 Å². The fourth-order valence-corrected chi connectivity index (χ4v) is 4.41. The molecule has 2 aromatic carbocycles. The van der Waals surface area contributed by atoms with Gasteiger partial charge in [-0.15, -0.1) is 0 Å². The third-order valence-corrected chi connectivity index (χ3v) is 6.00. The average molecular weight is 410 g/mol. The van der Waals surface area contributed by atoms with Gasteiger partial charge in [0.1, 0.15) is 11.4 Å². The lowest BCUT2D eigenvalue weighted by atomic mass is 9.86. The van der Waals surface area contributed by atoms with Crippen molar-refractivity contribution >= 4 is 0 Å². The van der Waals surface area contributed by atoms with Crippen molar-refractivity contribution in [2.24, 2.45) is 0 Å². The molecule has 31 heavy (non-hydrogen) atoms. The number of fused-ring (bicyclic) bond motifs is 1. The summed E-state index contributed by atoms with van der Waals surface area (Å²) in [5.41, 5.74) is 3.76. The molecule has 6 heteroatoms. The predicted molar refractivity (Wildman–Crippen MR) is 114 cm³/mol. The van der Waals surface area contributed by atoms with Crippen LogP contribution < -0.4 is 0 Å². The van der Waals surface area contributed by atoms with Crippen molar-refractivity contribution in [3.05, 3.63) is 107 Å². The zero-order valence-corrected chi connectivity index (χ0v) is 16.8. The number of benzene rings is 2. The molecule has 1 N–H and O–H groups in total. The summed E-state index contributed by atoms with van der Waals surface area (Å²) in [6, 6.07) is 17.7. The normalized spacial score (nSPS) is 19.7. The molecule has 0 fully saturated rings. The second-order valence-corrected chi connectivity index (χ2v) is 7.88. The highest BCUT2D eigenvalue weighted by atomic mass is 19.1. The Morgan fingerprint density at radius 1 is 1.13 bits per heavy atom. The number of aryl methyl sites for hydroxylation is 1. The number of nitriles is 1. The number of hydrogen-bond donors (Lipinski definition) is 1. The summed E-state index contributed by atoms with van der Waals surface area (Å²) in [5, 5.41) is 20.7. The summed E-state index contributed by atoms with van der Waals surface area (Å²) in [6.45, 7) is 1.95. The fraction of sp³-hybridized carbons (Fsp3) is 0.160. The first-order chi connectivity index (χ1) is 15.0. The van der Waals surface area contributed by atoms with Crippen LogP contribution in [0.4, 0.5) is 4.39 Å². The van der Waals surface area contributed by atoms with Crippen molar-refractivity contribution in [1.82, 2.24) is 14.5 Å². The van der Waals surface area contributed by atoms with Crippen molar-refractivity contribution in [3.8, 4) is 17.2 Å². The number of rotatable bonds is 3. The number of aliphatic hydroxyl groups is 1. The maximum absolute atomic E-state index is 14.7. The predicted octanol–water partition coefficient (Wildman–Crippen LogP) is 4.49. The van der Waals surface area contributed by atoms with E-state index in [1.807, 2.05) is 54.0 Å². The van der Waals surface area contributed by atoms with Crippen LogP contribution in [-0.2, 0) is 5.60 Å². The topological polar surface area (TPSA) is 74.7 Å². The van der Waals surface area contributed by atoms with Gasteiger partial charge in [0.05, 0.1) is 35.9 Å². The maximum Gasteiger partial charge on any atom is 0.133 e. The van der Waals surface area contributed by atoms with Gasteiger partial charge in [0, 0.05) is 23.9 Å². The van der Waals surface area contributed by atoms with Crippen molar-refractivity contribution in [1.29, 1.82) is 5.26 Å². The van der Waals surface area contributed by atoms with Gasteiger partial charge in [0.25, 0.3) is 0 Å². The SMILES string of the molecule is Cc1cc(-c2ccc(C3(O)C[C@H](c4ccc(C#N)cc4F)n4cncc43)cc2)ccn1. The van der Waals surface area contributed by atoms with Crippen LogP contribution in [0.1, 0.15) is 40.5 Å². The summed E-state index contributed by atoms with van der Waals surface area (Å²) < 4.78 is 16.6. The molecule has 1 unspecified atom stereocenters. The summed E-state index contributed by atoms with van der Waals surface area (Å²) >= 11 is 0. The molecule has 0 saturated heterocycles. The Bertz CT molecular complexity index is 1320. The second-order valence-electron chi connectivity index (χ2n) is 7.88. The molecule has 0 radical (unpaired) electrons. The Kier molecular flexibility index (Phi) is 4.42. The van der Waals surface area contributed by atoms with E-state index >= 15 is 0 Å². The highest BCUT2D eigenvalue weighted by Gasteiger charge is 2.45. The van der Waals surface area contributed by atoms with E-state index in [2.05, 4.69) is 9.97 Å². The minimum absolute atomic E-state index is 0.266.